The Labute approximate surface area is 137 Å². The Kier molecular flexibility index (Phi) is 4.19. The second-order valence-electron chi connectivity index (χ2n) is 6.78. The fraction of sp³-hybridized carbons (Fsp3) is 0.526. The molecule has 2 aliphatic rings. The molecule has 0 unspecified atom stereocenters. The zero-order valence-electron chi connectivity index (χ0n) is 13.6. The summed E-state index contributed by atoms with van der Waals surface area (Å²) < 4.78 is 0. The van der Waals surface area contributed by atoms with Crippen LogP contribution in [0.1, 0.15) is 31.2 Å². The molecule has 2 aromatic rings. The van der Waals surface area contributed by atoms with Crippen LogP contribution in [0.15, 0.2) is 30.3 Å². The third-order valence-electron chi connectivity index (χ3n) is 5.37. The average molecular weight is 311 g/mol. The van der Waals surface area contributed by atoms with Crippen molar-refractivity contribution in [3.05, 3.63) is 35.9 Å². The highest BCUT2D eigenvalue weighted by Crippen LogP contribution is 2.28. The highest BCUT2D eigenvalue weighted by atomic mass is 16.3. The molecule has 2 saturated heterocycles. The van der Waals surface area contributed by atoms with Crippen molar-refractivity contribution in [3.63, 3.8) is 0 Å². The number of aromatic nitrogens is 1. The largest absolute Gasteiger partial charge is 0.392 e. The van der Waals surface area contributed by atoms with Crippen LogP contribution < -0.4 is 4.90 Å². The van der Waals surface area contributed by atoms with E-state index in [0.29, 0.717) is 0 Å². The zero-order chi connectivity index (χ0) is 15.6. The quantitative estimate of drug-likeness (QED) is 0.946. The third-order valence-corrected chi connectivity index (χ3v) is 5.37. The van der Waals surface area contributed by atoms with Crippen LogP contribution in [0.3, 0.4) is 0 Å². The molecule has 0 aliphatic carbocycles. The number of rotatable bonds is 3. The first-order chi connectivity index (χ1) is 11.3. The predicted molar refractivity (Wildman–Crippen MR) is 93.7 cm³/mol. The summed E-state index contributed by atoms with van der Waals surface area (Å²) in [7, 11) is 0. The number of hydrogen-bond acceptors (Lipinski definition) is 4. The third kappa shape index (κ3) is 2.93. The van der Waals surface area contributed by atoms with E-state index in [2.05, 4.69) is 28.0 Å². The molecule has 0 radical (unpaired) electrons. The van der Waals surface area contributed by atoms with E-state index in [1.165, 1.54) is 38.8 Å². The van der Waals surface area contributed by atoms with E-state index in [-0.39, 0.29) is 6.61 Å². The van der Waals surface area contributed by atoms with E-state index in [1.54, 1.807) is 0 Å². The van der Waals surface area contributed by atoms with Gasteiger partial charge in [-0.3, -0.25) is 0 Å². The molecule has 0 spiro atoms. The van der Waals surface area contributed by atoms with Gasteiger partial charge in [-0.1, -0.05) is 18.2 Å². The summed E-state index contributed by atoms with van der Waals surface area (Å²) in [6.45, 7) is 4.69. The number of piperidine rings is 1. The molecule has 122 valence electrons. The molecule has 2 fully saturated rings. The van der Waals surface area contributed by atoms with Gasteiger partial charge in [-0.25, -0.2) is 4.98 Å². The van der Waals surface area contributed by atoms with Crippen LogP contribution in [0.4, 0.5) is 5.82 Å². The van der Waals surface area contributed by atoms with Gasteiger partial charge < -0.3 is 14.9 Å². The second-order valence-corrected chi connectivity index (χ2v) is 6.78. The molecular weight excluding hydrogens is 286 g/mol. The summed E-state index contributed by atoms with van der Waals surface area (Å²) in [6.07, 6.45) is 5.14. The number of likely N-dealkylation sites (tertiary alicyclic amines) is 1. The number of anilines is 1. The number of benzene rings is 1. The van der Waals surface area contributed by atoms with Crippen LogP contribution in [-0.4, -0.2) is 47.2 Å². The van der Waals surface area contributed by atoms with Gasteiger partial charge in [0.2, 0.25) is 0 Å². The standard InChI is InChI=1S/C19H25N3O/c23-14-16-13-15-5-1-2-6-18(15)20-19(16)22-11-7-17(8-12-22)21-9-3-4-10-21/h1-2,5-6,13,17,23H,3-4,7-12,14H2. The van der Waals surface area contributed by atoms with E-state index >= 15 is 0 Å². The van der Waals surface area contributed by atoms with Crippen molar-refractivity contribution in [2.24, 2.45) is 0 Å². The Morgan fingerprint density at radius 1 is 1.04 bits per heavy atom. The first-order valence-corrected chi connectivity index (χ1v) is 8.83. The van der Waals surface area contributed by atoms with E-state index in [4.69, 9.17) is 4.98 Å². The molecule has 0 atom stereocenters. The highest BCUT2D eigenvalue weighted by Gasteiger charge is 2.27. The molecule has 0 amide bonds. The molecule has 1 aromatic carbocycles. The van der Waals surface area contributed by atoms with Gasteiger partial charge in [0.25, 0.3) is 0 Å². The number of fused-ring (bicyclic) bond motifs is 1. The minimum Gasteiger partial charge on any atom is -0.392 e. The molecule has 0 bridgehead atoms. The minimum atomic E-state index is 0.0548. The molecule has 0 saturated carbocycles. The van der Waals surface area contributed by atoms with Gasteiger partial charge in [0.05, 0.1) is 12.1 Å². The maximum Gasteiger partial charge on any atom is 0.134 e. The molecule has 23 heavy (non-hydrogen) atoms. The maximum atomic E-state index is 9.76. The van der Waals surface area contributed by atoms with Crippen molar-refractivity contribution in [1.82, 2.24) is 9.88 Å². The predicted octanol–water partition coefficient (Wildman–Crippen LogP) is 2.79. The normalized spacial score (nSPS) is 20.5. The van der Waals surface area contributed by atoms with Crippen LogP contribution in [0.5, 0.6) is 0 Å². The van der Waals surface area contributed by atoms with Gasteiger partial charge in [-0.05, 0) is 50.9 Å². The first-order valence-electron chi connectivity index (χ1n) is 8.83. The highest BCUT2D eigenvalue weighted by molar-refractivity contribution is 5.81. The van der Waals surface area contributed by atoms with Crippen molar-refractivity contribution in [1.29, 1.82) is 0 Å². The summed E-state index contributed by atoms with van der Waals surface area (Å²) in [5.74, 6) is 0.978. The summed E-state index contributed by atoms with van der Waals surface area (Å²) >= 11 is 0. The van der Waals surface area contributed by atoms with Gasteiger partial charge in [0, 0.05) is 30.1 Å². The molecular formula is C19H25N3O. The van der Waals surface area contributed by atoms with Gasteiger partial charge in [-0.2, -0.15) is 0 Å². The lowest BCUT2D eigenvalue weighted by molar-refractivity contribution is 0.207. The van der Waals surface area contributed by atoms with Crippen LogP contribution in [0.2, 0.25) is 0 Å². The van der Waals surface area contributed by atoms with Crippen LogP contribution in [0, 0.1) is 0 Å². The van der Waals surface area contributed by atoms with Gasteiger partial charge in [0.15, 0.2) is 0 Å². The van der Waals surface area contributed by atoms with E-state index in [1.807, 2.05) is 12.1 Å². The number of aliphatic hydroxyl groups excluding tert-OH is 1. The van der Waals surface area contributed by atoms with Crippen LogP contribution in [0.25, 0.3) is 10.9 Å². The lowest BCUT2D eigenvalue weighted by atomic mass is 10.0. The molecule has 4 nitrogen and oxygen atoms in total. The lowest BCUT2D eigenvalue weighted by Crippen LogP contribution is -2.44. The summed E-state index contributed by atoms with van der Waals surface area (Å²) in [4.78, 5) is 9.87. The molecule has 3 heterocycles. The van der Waals surface area contributed by atoms with Crippen LogP contribution in [-0.2, 0) is 6.61 Å². The molecule has 2 aliphatic heterocycles. The number of hydrogen-bond donors (Lipinski definition) is 1. The Bertz CT molecular complexity index is 673. The summed E-state index contributed by atoms with van der Waals surface area (Å²) in [6, 6.07) is 11.0. The van der Waals surface area contributed by atoms with E-state index < -0.39 is 0 Å². The fourth-order valence-corrected chi connectivity index (χ4v) is 4.09. The Morgan fingerprint density at radius 2 is 1.78 bits per heavy atom. The van der Waals surface area contributed by atoms with E-state index in [9.17, 15) is 5.11 Å². The van der Waals surface area contributed by atoms with Crippen molar-refractivity contribution in [2.45, 2.75) is 38.3 Å². The number of aliphatic hydroxyl groups is 1. The Morgan fingerprint density at radius 3 is 2.52 bits per heavy atom. The van der Waals surface area contributed by atoms with Gasteiger partial charge in [-0.15, -0.1) is 0 Å². The lowest BCUT2D eigenvalue weighted by Gasteiger charge is -2.37. The molecule has 4 rings (SSSR count). The maximum absolute atomic E-state index is 9.76. The van der Waals surface area contributed by atoms with E-state index in [0.717, 1.165) is 41.4 Å². The molecule has 4 heteroatoms. The second kappa shape index (κ2) is 6.46. The average Bonchev–Trinajstić information content (AvgIpc) is 3.15. The number of pyridine rings is 1. The van der Waals surface area contributed by atoms with Crippen molar-refractivity contribution < 1.29 is 5.11 Å². The Hall–Kier alpha value is -1.65. The van der Waals surface area contributed by atoms with Crippen molar-refractivity contribution in [2.75, 3.05) is 31.1 Å². The fourth-order valence-electron chi connectivity index (χ4n) is 4.09. The molecule has 1 aromatic heterocycles. The van der Waals surface area contributed by atoms with Crippen LogP contribution >= 0.6 is 0 Å². The first kappa shape index (κ1) is 14.9. The smallest absolute Gasteiger partial charge is 0.134 e. The van der Waals surface area contributed by atoms with Crippen molar-refractivity contribution >= 4 is 16.7 Å². The Balaban J connectivity index is 1.55. The van der Waals surface area contributed by atoms with Gasteiger partial charge >= 0.3 is 0 Å². The zero-order valence-corrected chi connectivity index (χ0v) is 13.6. The topological polar surface area (TPSA) is 39.6 Å². The SMILES string of the molecule is OCc1cc2ccccc2nc1N1CCC(N2CCCC2)CC1. The number of nitrogens with zero attached hydrogens (tertiary/aromatic N) is 3. The van der Waals surface area contributed by atoms with Crippen molar-refractivity contribution in [3.8, 4) is 0 Å². The molecule has 1 N–H and O–H groups in total. The summed E-state index contributed by atoms with van der Waals surface area (Å²) in [5.41, 5.74) is 1.96. The monoisotopic (exact) mass is 311 g/mol. The minimum absolute atomic E-state index is 0.0548. The van der Waals surface area contributed by atoms with Gasteiger partial charge in [0.1, 0.15) is 5.82 Å². The summed E-state index contributed by atoms with van der Waals surface area (Å²) in [5, 5.41) is 10.9. The number of para-hydroxylation sites is 1.